The van der Waals surface area contributed by atoms with Crippen molar-refractivity contribution in [1.29, 1.82) is 0 Å². The summed E-state index contributed by atoms with van der Waals surface area (Å²) in [7, 11) is -1.21. The van der Waals surface area contributed by atoms with Crippen LogP contribution in [0.1, 0.15) is 62.3 Å². The number of furan rings is 1. The number of carbonyl (C=O) groups is 1. The van der Waals surface area contributed by atoms with Crippen molar-refractivity contribution in [2.24, 2.45) is 0 Å². The van der Waals surface area contributed by atoms with E-state index in [0.29, 0.717) is 12.3 Å². The lowest BCUT2D eigenvalue weighted by Crippen LogP contribution is -2.31. The quantitative estimate of drug-likeness (QED) is 0.357. The molecule has 30 heavy (non-hydrogen) atoms. The number of nitrogens with one attached hydrogen (secondary N) is 1. The number of halogens is 1. The molecule has 0 bridgehead atoms. The Morgan fingerprint density at radius 1 is 1.00 bits per heavy atom. The van der Waals surface area contributed by atoms with Gasteiger partial charge in [0.2, 0.25) is 0 Å². The molecule has 0 fully saturated rings. The minimum Gasteiger partial charge on any atom is -0.455 e. The van der Waals surface area contributed by atoms with Crippen molar-refractivity contribution in [1.82, 2.24) is 10.2 Å². The number of amides is 1. The monoisotopic (exact) mass is 496 g/mol. The Morgan fingerprint density at radius 3 is 2.27 bits per heavy atom. The lowest BCUT2D eigenvalue weighted by Gasteiger charge is -2.21. The second-order valence-corrected chi connectivity index (χ2v) is 9.73. The van der Waals surface area contributed by atoms with Gasteiger partial charge in [-0.25, -0.2) is 0 Å². The van der Waals surface area contributed by atoms with Crippen LogP contribution in [-0.2, 0) is 16.6 Å². The minimum atomic E-state index is -1.21. The zero-order valence-corrected chi connectivity index (χ0v) is 20.4. The van der Waals surface area contributed by atoms with Gasteiger partial charge in [0.25, 0.3) is 5.91 Å². The topological polar surface area (TPSA) is 62.6 Å². The molecule has 2 rings (SSSR count). The van der Waals surface area contributed by atoms with Gasteiger partial charge >= 0.3 is 0 Å². The van der Waals surface area contributed by atoms with E-state index in [1.165, 1.54) is 25.7 Å². The largest absolute Gasteiger partial charge is 0.455 e. The first-order chi connectivity index (χ1) is 14.5. The van der Waals surface area contributed by atoms with Gasteiger partial charge in [-0.15, -0.1) is 0 Å². The number of carbonyl (C=O) groups excluding carboxylic acids is 1. The molecule has 166 valence electrons. The predicted octanol–water partition coefficient (Wildman–Crippen LogP) is 5.37. The summed E-state index contributed by atoms with van der Waals surface area (Å²) in [5, 5.41) is 2.93. The molecule has 0 aliphatic carbocycles. The summed E-state index contributed by atoms with van der Waals surface area (Å²) in [5.74, 6) is 0.848. The third kappa shape index (κ3) is 8.74. The fraction of sp³-hybridized carbons (Fsp3) is 0.522. The van der Waals surface area contributed by atoms with Gasteiger partial charge < -0.3 is 14.6 Å². The van der Waals surface area contributed by atoms with E-state index in [2.05, 4.69) is 40.0 Å². The maximum absolute atomic E-state index is 12.5. The number of unbranched alkanes of at least 4 members (excludes halogenated alkanes) is 2. The predicted molar refractivity (Wildman–Crippen MR) is 126 cm³/mol. The average Bonchev–Trinajstić information content (AvgIpc) is 3.21. The van der Waals surface area contributed by atoms with Crippen molar-refractivity contribution in [3.63, 3.8) is 0 Å². The highest BCUT2D eigenvalue weighted by Gasteiger charge is 2.14. The summed E-state index contributed by atoms with van der Waals surface area (Å²) in [5.41, 5.74) is 0. The van der Waals surface area contributed by atoms with Crippen molar-refractivity contribution in [2.75, 3.05) is 26.2 Å². The summed E-state index contributed by atoms with van der Waals surface area (Å²) >= 11 is 3.37. The van der Waals surface area contributed by atoms with Crippen LogP contribution in [0.25, 0.3) is 0 Å². The Hall–Kier alpha value is -1.44. The fourth-order valence-electron chi connectivity index (χ4n) is 3.07. The first kappa shape index (κ1) is 24.8. The lowest BCUT2D eigenvalue weighted by atomic mass is 10.2. The van der Waals surface area contributed by atoms with Gasteiger partial charge in [-0.05, 0) is 75.3 Å². The molecule has 0 aliphatic rings. The molecular weight excluding hydrogens is 464 g/mol. The highest BCUT2D eigenvalue weighted by Crippen LogP contribution is 2.17. The van der Waals surface area contributed by atoms with Crippen molar-refractivity contribution in [2.45, 2.75) is 56.6 Å². The Morgan fingerprint density at radius 2 is 1.63 bits per heavy atom. The zero-order valence-electron chi connectivity index (χ0n) is 18.0. The van der Waals surface area contributed by atoms with Crippen LogP contribution in [0.3, 0.4) is 0 Å². The van der Waals surface area contributed by atoms with Gasteiger partial charge in [-0.3, -0.25) is 9.00 Å². The molecule has 1 aromatic heterocycles. The van der Waals surface area contributed by atoms with Crippen LogP contribution in [0.4, 0.5) is 0 Å². The van der Waals surface area contributed by atoms with Gasteiger partial charge in [-0.1, -0.05) is 42.6 Å². The number of rotatable bonds is 14. The third-order valence-electron chi connectivity index (χ3n) is 4.83. The highest BCUT2D eigenvalue weighted by molar-refractivity contribution is 9.10. The number of hydrogen-bond donors (Lipinski definition) is 1. The zero-order chi connectivity index (χ0) is 21.8. The first-order valence-electron chi connectivity index (χ1n) is 10.8. The highest BCUT2D eigenvalue weighted by atomic mass is 79.9. The molecule has 1 N–H and O–H groups in total. The van der Waals surface area contributed by atoms with Crippen LogP contribution in [0, 0.1) is 0 Å². The second-order valence-electron chi connectivity index (χ2n) is 7.37. The molecule has 0 spiro atoms. The van der Waals surface area contributed by atoms with E-state index >= 15 is 0 Å². The van der Waals surface area contributed by atoms with E-state index in [-0.39, 0.29) is 17.4 Å². The van der Waals surface area contributed by atoms with E-state index in [9.17, 15) is 9.00 Å². The molecule has 0 aliphatic heterocycles. The summed E-state index contributed by atoms with van der Waals surface area (Å²) in [6, 6.07) is 10.7. The third-order valence-corrected chi connectivity index (χ3v) is 6.70. The van der Waals surface area contributed by atoms with Gasteiger partial charge in [-0.2, -0.15) is 0 Å². The summed E-state index contributed by atoms with van der Waals surface area (Å²) in [4.78, 5) is 15.6. The van der Waals surface area contributed by atoms with E-state index < -0.39 is 10.8 Å². The maximum Gasteiger partial charge on any atom is 0.286 e. The van der Waals surface area contributed by atoms with Gasteiger partial charge in [0.05, 0.1) is 16.6 Å². The summed E-state index contributed by atoms with van der Waals surface area (Å²) in [6.45, 7) is 8.29. The van der Waals surface area contributed by atoms with Crippen LogP contribution in [0.15, 0.2) is 50.2 Å². The van der Waals surface area contributed by atoms with Crippen molar-refractivity contribution in [3.05, 3.63) is 52.4 Å². The van der Waals surface area contributed by atoms with E-state index in [0.717, 1.165) is 35.4 Å². The molecule has 0 unspecified atom stereocenters. The smallest absolute Gasteiger partial charge is 0.286 e. The number of hydrogen-bond acceptors (Lipinski definition) is 4. The molecule has 5 nitrogen and oxygen atoms in total. The Balaban J connectivity index is 1.76. The Labute approximate surface area is 191 Å². The Kier molecular flexibility index (Phi) is 11.4. The van der Waals surface area contributed by atoms with Crippen LogP contribution in [0.5, 0.6) is 0 Å². The summed E-state index contributed by atoms with van der Waals surface area (Å²) < 4.78 is 19.0. The summed E-state index contributed by atoms with van der Waals surface area (Å²) in [6.07, 6.45) is 5.75. The molecule has 7 heteroatoms. The lowest BCUT2D eigenvalue weighted by molar-refractivity contribution is 0.0922. The van der Waals surface area contributed by atoms with Crippen LogP contribution in [-0.4, -0.2) is 41.2 Å². The van der Waals surface area contributed by atoms with E-state index in [1.807, 2.05) is 24.3 Å². The van der Waals surface area contributed by atoms with Crippen LogP contribution in [0.2, 0.25) is 0 Å². The van der Waals surface area contributed by atoms with Gasteiger partial charge in [0.1, 0.15) is 5.76 Å². The fourth-order valence-corrected chi connectivity index (χ4v) is 4.35. The van der Waals surface area contributed by atoms with Crippen LogP contribution < -0.4 is 5.32 Å². The molecule has 2 aromatic rings. The standard InChI is InChI=1S/C23H33BrN2O3S/c1-3-5-15-26(16-6-4-2)17-7-14-25-23(27)22-13-10-20(29-22)18-30(28)21-11-8-19(24)9-12-21/h8-13H,3-7,14-18H2,1-2H3,(H,25,27)/t30-/m1/s1. The average molecular weight is 497 g/mol. The number of nitrogens with zero attached hydrogens (tertiary/aromatic N) is 1. The second kappa shape index (κ2) is 13.8. The van der Waals surface area contributed by atoms with Gasteiger partial charge in [0, 0.05) is 15.9 Å². The molecular formula is C23H33BrN2O3S. The Bertz CT molecular complexity index is 784. The minimum absolute atomic E-state index is 0.218. The number of benzene rings is 1. The van der Waals surface area contributed by atoms with E-state index in [1.54, 1.807) is 12.1 Å². The first-order valence-corrected chi connectivity index (χ1v) is 12.9. The van der Waals surface area contributed by atoms with Crippen molar-refractivity contribution in [3.8, 4) is 0 Å². The normalized spacial score (nSPS) is 12.3. The van der Waals surface area contributed by atoms with E-state index in [4.69, 9.17) is 4.42 Å². The molecule has 0 saturated carbocycles. The molecule has 1 heterocycles. The van der Waals surface area contributed by atoms with Gasteiger partial charge in [0.15, 0.2) is 5.76 Å². The molecule has 1 aromatic carbocycles. The molecule has 1 atom stereocenters. The maximum atomic E-state index is 12.5. The van der Waals surface area contributed by atoms with Crippen LogP contribution >= 0.6 is 15.9 Å². The molecule has 0 saturated heterocycles. The SMILES string of the molecule is CCCCN(CCCC)CCCNC(=O)c1ccc(C[S@@](=O)c2ccc(Br)cc2)o1. The van der Waals surface area contributed by atoms with Crippen molar-refractivity contribution >= 4 is 32.6 Å². The molecule has 1 amide bonds. The van der Waals surface area contributed by atoms with Crippen molar-refractivity contribution < 1.29 is 13.4 Å². The molecule has 0 radical (unpaired) electrons.